The van der Waals surface area contributed by atoms with E-state index >= 15 is 0 Å². The Balaban J connectivity index is 1.89. The molecule has 0 aliphatic heterocycles. The number of rotatable bonds is 16. The van der Waals surface area contributed by atoms with Crippen molar-refractivity contribution in [1.82, 2.24) is 9.80 Å². The predicted octanol–water partition coefficient (Wildman–Crippen LogP) is 6.93. The van der Waals surface area contributed by atoms with Crippen LogP contribution < -0.4 is 0 Å². The van der Waals surface area contributed by atoms with Gasteiger partial charge >= 0.3 is 0 Å². The van der Waals surface area contributed by atoms with E-state index in [0.29, 0.717) is 0 Å². The van der Waals surface area contributed by atoms with Crippen LogP contribution >= 0.6 is 0 Å². The highest BCUT2D eigenvalue weighted by atomic mass is 15.1. The first kappa shape index (κ1) is 24.4. The minimum Gasteiger partial charge on any atom is -0.300 e. The Morgan fingerprint density at radius 1 is 0.567 bits per heavy atom. The van der Waals surface area contributed by atoms with E-state index in [2.05, 4.69) is 96.5 Å². The minimum atomic E-state index is 0.983. The van der Waals surface area contributed by atoms with E-state index in [0.717, 1.165) is 26.2 Å². The molecule has 0 aliphatic rings. The van der Waals surface area contributed by atoms with Crippen molar-refractivity contribution in [3.8, 4) is 0 Å². The SMILES string of the molecule is CCCCCN(C/C=C/CN(Cc1ccccc1)Cc1ccccc1)CCCCC. The molecule has 0 saturated heterocycles. The summed E-state index contributed by atoms with van der Waals surface area (Å²) in [4.78, 5) is 5.17. The maximum absolute atomic E-state index is 2.64. The van der Waals surface area contributed by atoms with Crippen LogP contribution in [0.3, 0.4) is 0 Å². The van der Waals surface area contributed by atoms with Gasteiger partial charge < -0.3 is 0 Å². The van der Waals surface area contributed by atoms with Crippen LogP contribution in [0.2, 0.25) is 0 Å². The second kappa shape index (κ2) is 15.9. The van der Waals surface area contributed by atoms with Gasteiger partial charge in [-0.2, -0.15) is 0 Å². The van der Waals surface area contributed by atoms with Crippen LogP contribution in [0.15, 0.2) is 72.8 Å². The summed E-state index contributed by atoms with van der Waals surface area (Å²) in [6.07, 6.45) is 12.7. The van der Waals surface area contributed by atoms with Crippen LogP contribution in [0, 0.1) is 0 Å². The van der Waals surface area contributed by atoms with Gasteiger partial charge in [0.15, 0.2) is 0 Å². The van der Waals surface area contributed by atoms with Crippen molar-refractivity contribution in [3.63, 3.8) is 0 Å². The lowest BCUT2D eigenvalue weighted by Gasteiger charge is -2.22. The molecule has 30 heavy (non-hydrogen) atoms. The van der Waals surface area contributed by atoms with Gasteiger partial charge in [0.25, 0.3) is 0 Å². The Labute approximate surface area is 185 Å². The van der Waals surface area contributed by atoms with Crippen molar-refractivity contribution in [1.29, 1.82) is 0 Å². The molecule has 0 amide bonds. The van der Waals surface area contributed by atoms with Gasteiger partial charge in [-0.05, 0) is 37.1 Å². The van der Waals surface area contributed by atoms with Gasteiger partial charge in [0.05, 0.1) is 0 Å². The molecule has 2 aromatic carbocycles. The highest BCUT2D eigenvalue weighted by molar-refractivity contribution is 5.17. The van der Waals surface area contributed by atoms with E-state index in [-0.39, 0.29) is 0 Å². The number of unbranched alkanes of at least 4 members (excludes halogenated alkanes) is 4. The molecular weight excluding hydrogens is 364 g/mol. The van der Waals surface area contributed by atoms with Crippen LogP contribution in [0.25, 0.3) is 0 Å². The Morgan fingerprint density at radius 3 is 1.43 bits per heavy atom. The molecule has 0 saturated carbocycles. The Bertz CT molecular complexity index is 614. The van der Waals surface area contributed by atoms with Gasteiger partial charge in [0, 0.05) is 26.2 Å². The Morgan fingerprint density at radius 2 is 1.00 bits per heavy atom. The van der Waals surface area contributed by atoms with Gasteiger partial charge in [0.1, 0.15) is 0 Å². The average molecular weight is 407 g/mol. The molecule has 0 heterocycles. The maximum Gasteiger partial charge on any atom is 0.0240 e. The molecule has 0 aromatic heterocycles. The predicted molar refractivity (Wildman–Crippen MR) is 132 cm³/mol. The summed E-state index contributed by atoms with van der Waals surface area (Å²) in [6.45, 7) is 11.1. The summed E-state index contributed by atoms with van der Waals surface area (Å²) in [5.41, 5.74) is 2.75. The van der Waals surface area contributed by atoms with E-state index in [9.17, 15) is 0 Å². The van der Waals surface area contributed by atoms with Crippen molar-refractivity contribution >= 4 is 0 Å². The largest absolute Gasteiger partial charge is 0.300 e. The van der Waals surface area contributed by atoms with Crippen LogP contribution in [0.5, 0.6) is 0 Å². The van der Waals surface area contributed by atoms with Gasteiger partial charge in [-0.25, -0.2) is 0 Å². The number of hydrogen-bond acceptors (Lipinski definition) is 2. The fourth-order valence-corrected chi connectivity index (χ4v) is 3.78. The van der Waals surface area contributed by atoms with Crippen molar-refractivity contribution in [3.05, 3.63) is 83.9 Å². The topological polar surface area (TPSA) is 6.48 Å². The summed E-state index contributed by atoms with van der Waals surface area (Å²) in [5.74, 6) is 0. The van der Waals surface area contributed by atoms with Gasteiger partial charge in [0.2, 0.25) is 0 Å². The lowest BCUT2D eigenvalue weighted by molar-refractivity contribution is 0.279. The minimum absolute atomic E-state index is 0.983. The lowest BCUT2D eigenvalue weighted by Crippen LogP contribution is -2.27. The first-order chi connectivity index (χ1) is 14.8. The molecule has 164 valence electrons. The van der Waals surface area contributed by atoms with E-state index in [4.69, 9.17) is 0 Å². The van der Waals surface area contributed by atoms with E-state index < -0.39 is 0 Å². The standard InChI is InChI=1S/C28H42N2/c1-3-5-13-21-29(22-14-6-4-2)23-15-16-24-30(25-27-17-9-7-10-18-27)26-28-19-11-8-12-20-28/h7-12,15-20H,3-6,13-14,21-26H2,1-2H3/b16-15+. The quantitative estimate of drug-likeness (QED) is 0.220. The molecule has 0 aliphatic carbocycles. The van der Waals surface area contributed by atoms with E-state index in [1.54, 1.807) is 0 Å². The molecule has 0 radical (unpaired) electrons. The fraction of sp³-hybridized carbons (Fsp3) is 0.500. The monoisotopic (exact) mass is 406 g/mol. The zero-order chi connectivity index (χ0) is 21.3. The highest BCUT2D eigenvalue weighted by Gasteiger charge is 2.06. The zero-order valence-electron chi connectivity index (χ0n) is 19.3. The molecule has 2 rings (SSSR count). The van der Waals surface area contributed by atoms with Crippen LogP contribution in [-0.2, 0) is 13.1 Å². The van der Waals surface area contributed by atoms with Crippen molar-refractivity contribution in [2.24, 2.45) is 0 Å². The third-order valence-corrected chi connectivity index (χ3v) is 5.55. The third-order valence-electron chi connectivity index (χ3n) is 5.55. The van der Waals surface area contributed by atoms with Crippen LogP contribution in [-0.4, -0.2) is 36.0 Å². The molecular formula is C28H42N2. The second-order valence-corrected chi connectivity index (χ2v) is 8.33. The zero-order valence-corrected chi connectivity index (χ0v) is 19.3. The van der Waals surface area contributed by atoms with Crippen molar-refractivity contribution in [2.75, 3.05) is 26.2 Å². The molecule has 2 heteroatoms. The first-order valence-electron chi connectivity index (χ1n) is 12.0. The molecule has 0 spiro atoms. The highest BCUT2D eigenvalue weighted by Crippen LogP contribution is 2.10. The van der Waals surface area contributed by atoms with Crippen molar-refractivity contribution < 1.29 is 0 Å². The molecule has 0 fully saturated rings. The molecule has 0 unspecified atom stereocenters. The molecule has 2 aromatic rings. The summed E-state index contributed by atoms with van der Waals surface area (Å²) < 4.78 is 0. The second-order valence-electron chi connectivity index (χ2n) is 8.33. The van der Waals surface area contributed by atoms with Crippen molar-refractivity contribution in [2.45, 2.75) is 65.5 Å². The molecule has 0 bridgehead atoms. The van der Waals surface area contributed by atoms with Gasteiger partial charge in [-0.3, -0.25) is 9.80 Å². The van der Waals surface area contributed by atoms with E-state index in [1.165, 1.54) is 62.7 Å². The van der Waals surface area contributed by atoms with E-state index in [1.807, 2.05) is 0 Å². The summed E-state index contributed by atoms with van der Waals surface area (Å²) in [7, 11) is 0. The molecule has 0 atom stereocenters. The van der Waals surface area contributed by atoms with Crippen LogP contribution in [0.1, 0.15) is 63.5 Å². The first-order valence-corrected chi connectivity index (χ1v) is 12.0. The van der Waals surface area contributed by atoms with Gasteiger partial charge in [-0.1, -0.05) is 112 Å². The average Bonchev–Trinajstić information content (AvgIpc) is 2.78. The number of benzene rings is 2. The number of hydrogen-bond donors (Lipinski definition) is 0. The third kappa shape index (κ3) is 10.8. The van der Waals surface area contributed by atoms with Crippen LogP contribution in [0.4, 0.5) is 0 Å². The smallest absolute Gasteiger partial charge is 0.0240 e. The number of nitrogens with zero attached hydrogens (tertiary/aromatic N) is 2. The summed E-state index contributed by atoms with van der Waals surface area (Å²) in [5, 5.41) is 0. The Hall–Kier alpha value is -1.90. The maximum atomic E-state index is 2.64. The normalized spacial score (nSPS) is 11.7. The summed E-state index contributed by atoms with van der Waals surface area (Å²) in [6, 6.07) is 21.6. The van der Waals surface area contributed by atoms with Gasteiger partial charge in [-0.15, -0.1) is 0 Å². The molecule has 2 nitrogen and oxygen atoms in total. The Kier molecular flexibility index (Phi) is 12.9. The molecule has 0 N–H and O–H groups in total. The fourth-order valence-electron chi connectivity index (χ4n) is 3.78. The summed E-state index contributed by atoms with van der Waals surface area (Å²) >= 11 is 0. The lowest BCUT2D eigenvalue weighted by atomic mass is 10.1.